The van der Waals surface area contributed by atoms with E-state index in [1.54, 1.807) is 7.11 Å². The number of hydrogen-bond acceptors (Lipinski definition) is 8. The van der Waals surface area contributed by atoms with Crippen molar-refractivity contribution in [2.24, 2.45) is 0 Å². The van der Waals surface area contributed by atoms with E-state index in [2.05, 4.69) is 20.3 Å². The minimum Gasteiger partial charge on any atom is -0.497 e. The van der Waals surface area contributed by atoms with Gasteiger partial charge in [-0.15, -0.1) is 0 Å². The van der Waals surface area contributed by atoms with Crippen LogP contribution in [0.4, 0.5) is 5.95 Å². The first-order chi connectivity index (χ1) is 12.5. The molecule has 0 unspecified atom stereocenters. The van der Waals surface area contributed by atoms with Crippen LogP contribution in [0.1, 0.15) is 25.3 Å². The fourth-order valence-corrected chi connectivity index (χ4v) is 3.30. The lowest BCUT2D eigenvalue weighted by atomic mass is 10.1. The lowest BCUT2D eigenvalue weighted by Gasteiger charge is -2.22. The van der Waals surface area contributed by atoms with Crippen LogP contribution in [0.3, 0.4) is 0 Å². The lowest BCUT2D eigenvalue weighted by molar-refractivity contribution is 0.0769. The zero-order valence-corrected chi connectivity index (χ0v) is 16.3. The summed E-state index contributed by atoms with van der Waals surface area (Å²) in [6.07, 6.45) is 0.604. The van der Waals surface area contributed by atoms with E-state index < -0.39 is 6.10 Å². The molecular formula is C17H23ClN4O3S. The van der Waals surface area contributed by atoms with Crippen LogP contribution in [0.5, 0.6) is 5.75 Å². The summed E-state index contributed by atoms with van der Waals surface area (Å²) in [4.78, 5) is 12.5. The van der Waals surface area contributed by atoms with E-state index in [4.69, 9.17) is 16.3 Å². The molecule has 0 fully saturated rings. The number of ether oxygens (including phenoxy) is 1. The molecule has 0 aliphatic heterocycles. The van der Waals surface area contributed by atoms with Gasteiger partial charge in [0.1, 0.15) is 5.75 Å². The molecule has 0 saturated heterocycles. The van der Waals surface area contributed by atoms with Crippen molar-refractivity contribution >= 4 is 29.3 Å². The maximum atomic E-state index is 9.91. The smallest absolute Gasteiger partial charge is 0.228 e. The molecule has 7 nitrogen and oxygen atoms in total. The Bertz CT molecular complexity index is 690. The Morgan fingerprint density at radius 2 is 1.96 bits per heavy atom. The topological polar surface area (TPSA) is 100 Å². The number of halogens is 1. The van der Waals surface area contributed by atoms with Crippen molar-refractivity contribution in [1.82, 2.24) is 15.0 Å². The predicted octanol–water partition coefficient (Wildman–Crippen LogP) is 2.76. The molecule has 0 saturated carbocycles. The highest BCUT2D eigenvalue weighted by molar-refractivity contribution is 7.98. The van der Waals surface area contributed by atoms with Crippen molar-refractivity contribution in [2.45, 2.75) is 42.8 Å². The summed E-state index contributed by atoms with van der Waals surface area (Å²) < 4.78 is 5.14. The van der Waals surface area contributed by atoms with Gasteiger partial charge < -0.3 is 20.3 Å². The Morgan fingerprint density at radius 1 is 1.23 bits per heavy atom. The summed E-state index contributed by atoms with van der Waals surface area (Å²) in [6, 6.07) is 7.39. The highest BCUT2D eigenvalue weighted by atomic mass is 35.5. The summed E-state index contributed by atoms with van der Waals surface area (Å²) in [7, 11) is 1.63. The molecule has 0 amide bonds. The van der Waals surface area contributed by atoms with Crippen LogP contribution >= 0.6 is 23.4 Å². The normalized spacial score (nSPS) is 13.3. The zero-order chi connectivity index (χ0) is 18.9. The number of aliphatic hydroxyl groups excluding tert-OH is 2. The molecule has 0 aliphatic carbocycles. The number of methoxy groups -OCH3 is 1. The van der Waals surface area contributed by atoms with E-state index in [9.17, 15) is 10.2 Å². The molecule has 0 radical (unpaired) electrons. The van der Waals surface area contributed by atoms with E-state index in [-0.39, 0.29) is 23.9 Å². The van der Waals surface area contributed by atoms with Crippen LogP contribution in [0, 0.1) is 0 Å². The number of benzene rings is 1. The standard InChI is InChI=1S/C17H23ClN4O3S/c1-3-4-13(14(24)9-23)19-16-20-15(18)21-17(22-16)26-10-11-5-7-12(25-2)8-6-11/h5-8,13-14,23-24H,3-4,9-10H2,1-2H3,(H,19,20,21,22)/t13-,14+/m1/s1. The number of aromatic nitrogens is 3. The molecular weight excluding hydrogens is 376 g/mol. The third-order valence-electron chi connectivity index (χ3n) is 3.68. The molecule has 2 rings (SSSR count). The van der Waals surface area contributed by atoms with E-state index in [0.29, 0.717) is 17.3 Å². The van der Waals surface area contributed by atoms with E-state index in [0.717, 1.165) is 17.7 Å². The Hall–Kier alpha value is -1.61. The molecule has 2 aromatic rings. The first-order valence-corrected chi connectivity index (χ1v) is 9.64. The second kappa shape index (κ2) is 10.5. The number of thioether (sulfide) groups is 1. The van der Waals surface area contributed by atoms with E-state index in [1.165, 1.54) is 11.8 Å². The maximum absolute atomic E-state index is 9.91. The average molecular weight is 399 g/mol. The molecule has 3 N–H and O–H groups in total. The zero-order valence-electron chi connectivity index (χ0n) is 14.7. The molecule has 0 spiro atoms. The van der Waals surface area contributed by atoms with Crippen LogP contribution in [0.25, 0.3) is 0 Å². The number of nitrogens with one attached hydrogen (secondary N) is 1. The molecule has 1 aromatic heterocycles. The summed E-state index contributed by atoms with van der Waals surface area (Å²) >= 11 is 7.43. The van der Waals surface area contributed by atoms with Crippen molar-refractivity contribution in [3.63, 3.8) is 0 Å². The SMILES string of the molecule is CCC[C@@H](Nc1nc(Cl)nc(SCc2ccc(OC)cc2)n1)[C@@H](O)CO. The fraction of sp³-hybridized carbons (Fsp3) is 0.471. The van der Waals surface area contributed by atoms with Gasteiger partial charge in [-0.25, -0.2) is 0 Å². The van der Waals surface area contributed by atoms with E-state index >= 15 is 0 Å². The summed E-state index contributed by atoms with van der Waals surface area (Å²) in [5.41, 5.74) is 1.10. The van der Waals surface area contributed by atoms with Crippen LogP contribution in [0.15, 0.2) is 29.4 Å². The number of hydrogen-bond donors (Lipinski definition) is 3. The van der Waals surface area contributed by atoms with Crippen molar-refractivity contribution in [3.05, 3.63) is 35.1 Å². The van der Waals surface area contributed by atoms with Gasteiger partial charge >= 0.3 is 0 Å². The third-order valence-corrected chi connectivity index (χ3v) is 4.77. The van der Waals surface area contributed by atoms with Gasteiger partial charge in [-0.2, -0.15) is 15.0 Å². The van der Waals surface area contributed by atoms with Gasteiger partial charge in [0, 0.05) is 5.75 Å². The molecule has 26 heavy (non-hydrogen) atoms. The van der Waals surface area contributed by atoms with Crippen molar-refractivity contribution < 1.29 is 14.9 Å². The van der Waals surface area contributed by atoms with Crippen molar-refractivity contribution in [1.29, 1.82) is 0 Å². The number of nitrogens with zero attached hydrogens (tertiary/aromatic N) is 3. The van der Waals surface area contributed by atoms with Gasteiger partial charge in [0.2, 0.25) is 11.2 Å². The second-order valence-corrected chi connectivity index (χ2v) is 6.92. The summed E-state index contributed by atoms with van der Waals surface area (Å²) in [6.45, 7) is 1.66. The number of anilines is 1. The van der Waals surface area contributed by atoms with Crippen LogP contribution in [-0.4, -0.2) is 51.0 Å². The quantitative estimate of drug-likeness (QED) is 0.525. The Morgan fingerprint density at radius 3 is 2.58 bits per heavy atom. The minimum absolute atomic E-state index is 0.0773. The van der Waals surface area contributed by atoms with Crippen LogP contribution < -0.4 is 10.1 Å². The summed E-state index contributed by atoms with van der Waals surface area (Å²) in [5, 5.41) is 22.7. The summed E-state index contributed by atoms with van der Waals surface area (Å²) in [5.74, 6) is 1.76. The number of aliphatic hydroxyl groups is 2. The first-order valence-electron chi connectivity index (χ1n) is 8.28. The van der Waals surface area contributed by atoms with Gasteiger partial charge in [-0.05, 0) is 35.7 Å². The Balaban J connectivity index is 2.05. The molecule has 1 heterocycles. The van der Waals surface area contributed by atoms with E-state index in [1.807, 2.05) is 31.2 Å². The molecule has 142 valence electrons. The van der Waals surface area contributed by atoms with Crippen molar-refractivity contribution in [2.75, 3.05) is 19.0 Å². The maximum Gasteiger partial charge on any atom is 0.228 e. The molecule has 0 bridgehead atoms. The second-order valence-electron chi connectivity index (χ2n) is 5.64. The first kappa shape index (κ1) is 20.7. The highest BCUT2D eigenvalue weighted by Crippen LogP contribution is 2.23. The Labute approximate surface area is 162 Å². The third kappa shape index (κ3) is 6.28. The molecule has 0 aliphatic rings. The monoisotopic (exact) mass is 398 g/mol. The lowest BCUT2D eigenvalue weighted by Crippen LogP contribution is -2.36. The molecule has 9 heteroatoms. The Kier molecular flexibility index (Phi) is 8.37. The average Bonchev–Trinajstić information content (AvgIpc) is 2.65. The van der Waals surface area contributed by atoms with Crippen LogP contribution in [0.2, 0.25) is 5.28 Å². The highest BCUT2D eigenvalue weighted by Gasteiger charge is 2.19. The van der Waals surface area contributed by atoms with Gasteiger partial charge in [-0.3, -0.25) is 0 Å². The van der Waals surface area contributed by atoms with Gasteiger partial charge in [0.15, 0.2) is 5.16 Å². The van der Waals surface area contributed by atoms with Crippen LogP contribution in [-0.2, 0) is 5.75 Å². The predicted molar refractivity (Wildman–Crippen MR) is 103 cm³/mol. The van der Waals surface area contributed by atoms with Gasteiger partial charge in [0.05, 0.1) is 25.9 Å². The minimum atomic E-state index is -0.902. The van der Waals surface area contributed by atoms with Gasteiger partial charge in [-0.1, -0.05) is 37.2 Å². The van der Waals surface area contributed by atoms with Gasteiger partial charge in [0.25, 0.3) is 0 Å². The molecule has 1 aromatic carbocycles. The molecule has 2 atom stereocenters. The largest absolute Gasteiger partial charge is 0.497 e. The number of rotatable bonds is 10. The fourth-order valence-electron chi connectivity index (χ4n) is 2.30. The van der Waals surface area contributed by atoms with Crippen molar-refractivity contribution in [3.8, 4) is 5.75 Å².